The Kier molecular flexibility index (Phi) is 4.65. The van der Waals surface area contributed by atoms with Crippen LogP contribution in [0.4, 0.5) is 5.69 Å². The largest absolute Gasteiger partial charge is 0.338 e. The van der Waals surface area contributed by atoms with E-state index in [1.807, 2.05) is 23.1 Å². The van der Waals surface area contributed by atoms with Crippen LogP contribution in [0.25, 0.3) is 16.3 Å². The fraction of sp³-hybridized carbons (Fsp3) is 0.261. The molecule has 0 spiro atoms. The van der Waals surface area contributed by atoms with Crippen LogP contribution in [-0.2, 0) is 7.05 Å². The van der Waals surface area contributed by atoms with Crippen LogP contribution in [0, 0.1) is 27.7 Å². The first-order chi connectivity index (χ1) is 12.8. The summed E-state index contributed by atoms with van der Waals surface area (Å²) < 4.78 is 3.63. The second kappa shape index (κ2) is 6.84. The van der Waals surface area contributed by atoms with Gasteiger partial charge in [0.1, 0.15) is 11.7 Å². The van der Waals surface area contributed by atoms with Gasteiger partial charge in [-0.2, -0.15) is 4.57 Å². The zero-order valence-corrected chi connectivity index (χ0v) is 18.4. The van der Waals surface area contributed by atoms with Crippen LogP contribution in [0.15, 0.2) is 46.3 Å². The molecule has 2 aromatic carbocycles. The molecular formula is C23H25N2S2+. The molecule has 0 aliphatic carbocycles. The van der Waals surface area contributed by atoms with Gasteiger partial charge in [0.25, 0.3) is 5.01 Å². The summed E-state index contributed by atoms with van der Waals surface area (Å²) in [5.74, 6) is 0. The van der Waals surface area contributed by atoms with Crippen molar-refractivity contribution in [3.63, 3.8) is 0 Å². The Morgan fingerprint density at radius 1 is 0.926 bits per heavy atom. The quantitative estimate of drug-likeness (QED) is 0.489. The Labute approximate surface area is 169 Å². The van der Waals surface area contributed by atoms with Gasteiger partial charge in [0.05, 0.1) is 10.7 Å². The summed E-state index contributed by atoms with van der Waals surface area (Å²) in [5, 5.41) is 2.53. The van der Waals surface area contributed by atoms with Gasteiger partial charge in [-0.1, -0.05) is 29.2 Å². The molecule has 4 rings (SSSR count). The molecule has 0 atom stereocenters. The van der Waals surface area contributed by atoms with Crippen LogP contribution >= 0.6 is 23.1 Å². The third-order valence-corrected chi connectivity index (χ3v) is 7.77. The van der Waals surface area contributed by atoms with Gasteiger partial charge < -0.3 is 4.90 Å². The van der Waals surface area contributed by atoms with Crippen molar-refractivity contribution in [3.05, 3.63) is 68.7 Å². The number of allylic oxidation sites excluding steroid dienone is 2. The van der Waals surface area contributed by atoms with Crippen molar-refractivity contribution in [1.29, 1.82) is 0 Å². The minimum absolute atomic E-state index is 1.27. The van der Waals surface area contributed by atoms with E-state index in [4.69, 9.17) is 0 Å². The number of thiazole rings is 1. The van der Waals surface area contributed by atoms with E-state index in [-0.39, 0.29) is 0 Å². The second-order valence-corrected chi connectivity index (χ2v) is 9.46. The van der Waals surface area contributed by atoms with Crippen LogP contribution in [-0.4, -0.2) is 7.05 Å². The number of thioether (sulfide) groups is 1. The highest BCUT2D eigenvalue weighted by Gasteiger charge is 2.22. The topological polar surface area (TPSA) is 7.12 Å². The number of rotatable bonds is 2. The lowest BCUT2D eigenvalue weighted by Gasteiger charge is -2.13. The average molecular weight is 394 g/mol. The van der Waals surface area contributed by atoms with Crippen molar-refractivity contribution < 1.29 is 4.57 Å². The fourth-order valence-electron chi connectivity index (χ4n) is 3.34. The first-order valence-electron chi connectivity index (χ1n) is 9.16. The molecule has 1 aliphatic rings. The number of benzene rings is 2. The van der Waals surface area contributed by atoms with Gasteiger partial charge in [-0.05, 0) is 74.2 Å². The molecule has 0 bridgehead atoms. The molecule has 27 heavy (non-hydrogen) atoms. The smallest absolute Gasteiger partial charge is 0.262 e. The highest BCUT2D eigenvalue weighted by Crippen LogP contribution is 2.46. The summed E-state index contributed by atoms with van der Waals surface area (Å²) in [7, 11) is 4.30. The number of nitrogens with zero attached hydrogens (tertiary/aromatic N) is 2. The lowest BCUT2D eigenvalue weighted by molar-refractivity contribution is -0.642. The van der Waals surface area contributed by atoms with Crippen LogP contribution < -0.4 is 9.47 Å². The van der Waals surface area contributed by atoms with E-state index in [0.29, 0.717) is 0 Å². The van der Waals surface area contributed by atoms with Crippen molar-refractivity contribution in [1.82, 2.24) is 0 Å². The highest BCUT2D eigenvalue weighted by molar-refractivity contribution is 8.03. The fourth-order valence-corrected chi connectivity index (χ4v) is 5.63. The van der Waals surface area contributed by atoms with E-state index >= 15 is 0 Å². The molecular weight excluding hydrogens is 368 g/mol. The van der Waals surface area contributed by atoms with Crippen LogP contribution in [0.3, 0.4) is 0 Å². The van der Waals surface area contributed by atoms with E-state index in [2.05, 4.69) is 93.8 Å². The molecule has 138 valence electrons. The van der Waals surface area contributed by atoms with Crippen LogP contribution in [0.1, 0.15) is 27.3 Å². The van der Waals surface area contributed by atoms with Gasteiger partial charge in [-0.15, -0.1) is 0 Å². The Bertz CT molecular complexity index is 1120. The van der Waals surface area contributed by atoms with Gasteiger partial charge >= 0.3 is 0 Å². The number of aromatic nitrogens is 1. The molecule has 0 fully saturated rings. The standard InChI is InChI=1S/C23H25N2S2/c1-14-10-18-20(12-16(14)3)26-22(24(18)5)8-7-9-23-25(6)19-11-15(2)17(4)13-21(19)27-23/h7-13H,1-6H3/q+1. The highest BCUT2D eigenvalue weighted by atomic mass is 32.2. The zero-order valence-electron chi connectivity index (χ0n) is 16.8. The molecule has 0 saturated heterocycles. The first kappa shape index (κ1) is 18.3. The first-order valence-corrected chi connectivity index (χ1v) is 10.8. The monoisotopic (exact) mass is 393 g/mol. The summed E-state index contributed by atoms with van der Waals surface area (Å²) in [6.07, 6.45) is 6.61. The van der Waals surface area contributed by atoms with E-state index in [1.165, 1.54) is 53.1 Å². The predicted octanol–water partition coefficient (Wildman–Crippen LogP) is 6.06. The van der Waals surface area contributed by atoms with Crippen molar-refractivity contribution in [2.45, 2.75) is 32.6 Å². The normalized spacial score (nSPS) is 15.5. The summed E-state index contributed by atoms with van der Waals surface area (Å²) in [6.45, 7) is 8.73. The molecule has 4 heteroatoms. The summed E-state index contributed by atoms with van der Waals surface area (Å²) in [5.41, 5.74) is 8.02. The third-order valence-electron chi connectivity index (χ3n) is 5.44. The maximum absolute atomic E-state index is 2.30. The van der Waals surface area contributed by atoms with E-state index < -0.39 is 0 Å². The number of hydrogen-bond donors (Lipinski definition) is 0. The van der Waals surface area contributed by atoms with E-state index in [0.717, 1.165) is 0 Å². The SMILES string of the molecule is Cc1cc2c(cc1C)N(C)/C(=C\C=C\c1sc3cc(C)c(C)cc3[n+]1C)S2. The Morgan fingerprint density at radius 2 is 1.59 bits per heavy atom. The molecule has 0 saturated carbocycles. The summed E-state index contributed by atoms with van der Waals surface area (Å²) in [6, 6.07) is 9.18. The van der Waals surface area contributed by atoms with Crippen molar-refractivity contribution >= 4 is 45.1 Å². The maximum Gasteiger partial charge on any atom is 0.262 e. The van der Waals surface area contributed by atoms with Crippen LogP contribution in [0.5, 0.6) is 0 Å². The Hall–Kier alpha value is -2.04. The minimum Gasteiger partial charge on any atom is -0.338 e. The number of anilines is 1. The molecule has 0 N–H and O–H groups in total. The van der Waals surface area contributed by atoms with Gasteiger partial charge in [-0.25, -0.2) is 0 Å². The molecule has 3 aromatic rings. The van der Waals surface area contributed by atoms with E-state index in [9.17, 15) is 0 Å². The summed E-state index contributed by atoms with van der Waals surface area (Å²) >= 11 is 3.70. The molecule has 0 radical (unpaired) electrons. The Balaban J connectivity index is 1.63. The van der Waals surface area contributed by atoms with Gasteiger partial charge in [0.15, 0.2) is 0 Å². The van der Waals surface area contributed by atoms with Crippen molar-refractivity contribution in [2.24, 2.45) is 7.05 Å². The molecule has 1 aromatic heterocycles. The molecule has 0 amide bonds. The maximum atomic E-state index is 2.30. The van der Waals surface area contributed by atoms with Gasteiger partial charge in [0.2, 0.25) is 5.52 Å². The van der Waals surface area contributed by atoms with Crippen molar-refractivity contribution in [2.75, 3.05) is 11.9 Å². The second-order valence-electron chi connectivity index (χ2n) is 7.33. The molecule has 1 aliphatic heterocycles. The lowest BCUT2D eigenvalue weighted by Crippen LogP contribution is -2.28. The van der Waals surface area contributed by atoms with Gasteiger partial charge in [0, 0.05) is 24.1 Å². The predicted molar refractivity (Wildman–Crippen MR) is 120 cm³/mol. The number of hydrogen-bond acceptors (Lipinski definition) is 3. The Morgan fingerprint density at radius 3 is 2.37 bits per heavy atom. The average Bonchev–Trinajstić information content (AvgIpc) is 3.08. The number of fused-ring (bicyclic) bond motifs is 2. The third kappa shape index (κ3) is 3.21. The van der Waals surface area contributed by atoms with Crippen molar-refractivity contribution in [3.8, 4) is 0 Å². The van der Waals surface area contributed by atoms with E-state index in [1.54, 1.807) is 0 Å². The molecule has 2 nitrogen and oxygen atoms in total. The minimum atomic E-state index is 1.27. The van der Waals surface area contributed by atoms with Gasteiger partial charge in [-0.3, -0.25) is 0 Å². The number of aryl methyl sites for hydroxylation is 5. The molecule has 0 unspecified atom stereocenters. The molecule has 2 heterocycles. The van der Waals surface area contributed by atoms with Crippen LogP contribution in [0.2, 0.25) is 0 Å². The lowest BCUT2D eigenvalue weighted by atomic mass is 10.1. The summed E-state index contributed by atoms with van der Waals surface area (Å²) in [4.78, 5) is 3.63. The zero-order chi connectivity index (χ0) is 19.3.